The smallest absolute Gasteiger partial charge is 0.311 e. The number of hydrogen-bond donors (Lipinski definition) is 0. The van der Waals surface area contributed by atoms with Gasteiger partial charge in [0.1, 0.15) is 6.10 Å². The van der Waals surface area contributed by atoms with Crippen molar-refractivity contribution in [1.29, 1.82) is 0 Å². The molecule has 4 heteroatoms. The van der Waals surface area contributed by atoms with E-state index in [2.05, 4.69) is 27.7 Å². The summed E-state index contributed by atoms with van der Waals surface area (Å²) in [5, 5.41) is 0. The molecule has 0 heterocycles. The van der Waals surface area contributed by atoms with E-state index in [9.17, 15) is 9.59 Å². The van der Waals surface area contributed by atoms with Crippen molar-refractivity contribution in [1.82, 2.24) is 0 Å². The van der Waals surface area contributed by atoms with Gasteiger partial charge in [-0.1, -0.05) is 27.7 Å². The molecule has 0 amide bonds. The Morgan fingerprint density at radius 1 is 0.971 bits per heavy atom. The highest BCUT2D eigenvalue weighted by molar-refractivity contribution is 5.76. The Bertz CT molecular complexity index is 789. The summed E-state index contributed by atoms with van der Waals surface area (Å²) in [7, 11) is 1.50. The van der Waals surface area contributed by atoms with E-state index in [1.54, 1.807) is 0 Å². The van der Waals surface area contributed by atoms with Gasteiger partial charge in [-0.3, -0.25) is 9.59 Å². The Hall–Kier alpha value is -1.06. The van der Waals surface area contributed by atoms with E-state index < -0.39 is 0 Å². The van der Waals surface area contributed by atoms with Crippen molar-refractivity contribution in [3.8, 4) is 0 Å². The molecule has 0 saturated heterocycles. The van der Waals surface area contributed by atoms with Crippen molar-refractivity contribution in [3.05, 3.63) is 0 Å². The fourth-order valence-corrected chi connectivity index (χ4v) is 9.41. The van der Waals surface area contributed by atoms with E-state index in [0.717, 1.165) is 49.4 Å². The van der Waals surface area contributed by atoms with E-state index in [1.165, 1.54) is 52.1 Å². The molecule has 9 atom stereocenters. The van der Waals surface area contributed by atoms with Crippen LogP contribution in [-0.2, 0) is 19.1 Å². The average molecular weight is 489 g/mol. The number of rotatable bonds is 7. The zero-order chi connectivity index (χ0) is 25.6. The SMILES string of the molecule is CCC(C)(C)C(=O)O[C@H]1CC[C@@]2(C)C(CCC3C4CCC(C(C)CCC(=O)OC)[C@@]4(C)CCC32)C1. The molecule has 0 aromatic rings. The fraction of sp³-hybridized carbons (Fsp3) is 0.935. The van der Waals surface area contributed by atoms with Crippen molar-refractivity contribution in [2.75, 3.05) is 7.11 Å². The number of carbonyl (C=O) groups is 2. The summed E-state index contributed by atoms with van der Waals surface area (Å²) < 4.78 is 11.0. The first kappa shape index (κ1) is 27.0. The minimum Gasteiger partial charge on any atom is -0.469 e. The second-order valence-corrected chi connectivity index (χ2v) is 14.0. The molecule has 0 N–H and O–H groups in total. The second-order valence-electron chi connectivity index (χ2n) is 14.0. The van der Waals surface area contributed by atoms with Gasteiger partial charge >= 0.3 is 11.9 Å². The summed E-state index contributed by atoms with van der Waals surface area (Å²) in [4.78, 5) is 24.5. The standard InChI is InChI=1S/C31H52O4/c1-8-29(3,4)28(33)35-22-15-17-30(5)21(19-22)10-11-23-25-13-12-24(20(2)9-14-27(32)34-7)31(25,6)18-16-26(23)30/h20-26H,8-19H2,1-7H3/t20?,21?,22-,23?,24?,25?,26?,30-,31+/m0/s1. The van der Waals surface area contributed by atoms with Crippen LogP contribution in [0.15, 0.2) is 0 Å². The first-order valence-corrected chi connectivity index (χ1v) is 14.7. The van der Waals surface area contributed by atoms with Crippen LogP contribution in [-0.4, -0.2) is 25.2 Å². The Morgan fingerprint density at radius 3 is 2.34 bits per heavy atom. The monoisotopic (exact) mass is 488 g/mol. The number of ether oxygens (including phenoxy) is 2. The normalized spacial score (nSPS) is 41.8. The molecular weight excluding hydrogens is 436 g/mol. The van der Waals surface area contributed by atoms with Crippen LogP contribution < -0.4 is 0 Å². The molecule has 4 fully saturated rings. The van der Waals surface area contributed by atoms with E-state index in [-0.39, 0.29) is 23.5 Å². The topological polar surface area (TPSA) is 52.6 Å². The minimum absolute atomic E-state index is 0.00552. The van der Waals surface area contributed by atoms with Gasteiger partial charge in [-0.25, -0.2) is 0 Å². The quantitative estimate of drug-likeness (QED) is 0.347. The zero-order valence-corrected chi connectivity index (χ0v) is 23.7. The number of methoxy groups -OCH3 is 1. The highest BCUT2D eigenvalue weighted by Gasteiger charge is 2.60. The summed E-state index contributed by atoms with van der Waals surface area (Å²) in [6, 6.07) is 0. The van der Waals surface area contributed by atoms with Gasteiger partial charge in [0.05, 0.1) is 12.5 Å². The molecule has 4 aliphatic carbocycles. The van der Waals surface area contributed by atoms with Crippen LogP contribution in [0.1, 0.15) is 119 Å². The lowest BCUT2D eigenvalue weighted by Gasteiger charge is -2.61. The molecule has 200 valence electrons. The lowest BCUT2D eigenvalue weighted by Crippen LogP contribution is -2.54. The van der Waals surface area contributed by atoms with Gasteiger partial charge in [-0.05, 0) is 131 Å². The third-order valence-corrected chi connectivity index (χ3v) is 12.1. The summed E-state index contributed by atoms with van der Waals surface area (Å²) in [5.41, 5.74) is 0.458. The highest BCUT2D eigenvalue weighted by Crippen LogP contribution is 2.68. The summed E-state index contributed by atoms with van der Waals surface area (Å²) in [6.07, 6.45) is 13.8. The third kappa shape index (κ3) is 4.81. The molecule has 0 aliphatic heterocycles. The number of hydrogen-bond acceptors (Lipinski definition) is 4. The Labute approximate surface area is 214 Å². The molecule has 0 aromatic carbocycles. The van der Waals surface area contributed by atoms with Crippen molar-refractivity contribution < 1.29 is 19.1 Å². The average Bonchev–Trinajstić information content (AvgIpc) is 3.19. The maximum Gasteiger partial charge on any atom is 0.311 e. The van der Waals surface area contributed by atoms with Gasteiger partial charge in [-0.2, -0.15) is 0 Å². The Kier molecular flexibility index (Phi) is 7.72. The molecule has 4 saturated carbocycles. The highest BCUT2D eigenvalue weighted by atomic mass is 16.5. The summed E-state index contributed by atoms with van der Waals surface area (Å²) in [5.74, 6) is 4.47. The van der Waals surface area contributed by atoms with Crippen LogP contribution in [0.2, 0.25) is 0 Å². The van der Waals surface area contributed by atoms with E-state index in [0.29, 0.717) is 29.1 Å². The minimum atomic E-state index is -0.376. The second kappa shape index (κ2) is 10.0. The largest absolute Gasteiger partial charge is 0.469 e. The Morgan fingerprint density at radius 2 is 1.66 bits per heavy atom. The molecule has 0 spiro atoms. The van der Waals surface area contributed by atoms with Gasteiger partial charge in [0.15, 0.2) is 0 Å². The molecule has 35 heavy (non-hydrogen) atoms. The molecule has 0 aromatic heterocycles. The van der Waals surface area contributed by atoms with Crippen LogP contribution in [0.3, 0.4) is 0 Å². The molecule has 4 nitrogen and oxygen atoms in total. The third-order valence-electron chi connectivity index (χ3n) is 12.1. The van der Waals surface area contributed by atoms with Crippen LogP contribution in [0.25, 0.3) is 0 Å². The van der Waals surface area contributed by atoms with Gasteiger partial charge in [-0.15, -0.1) is 0 Å². The van der Waals surface area contributed by atoms with Crippen molar-refractivity contribution in [3.63, 3.8) is 0 Å². The zero-order valence-electron chi connectivity index (χ0n) is 23.7. The van der Waals surface area contributed by atoms with Crippen molar-refractivity contribution in [2.45, 2.75) is 125 Å². The van der Waals surface area contributed by atoms with Crippen LogP contribution >= 0.6 is 0 Å². The molecule has 0 bridgehead atoms. The van der Waals surface area contributed by atoms with E-state index in [4.69, 9.17) is 9.47 Å². The first-order valence-electron chi connectivity index (χ1n) is 14.7. The molecular formula is C31H52O4. The predicted octanol–water partition coefficient (Wildman–Crippen LogP) is 7.58. The molecule has 4 rings (SSSR count). The van der Waals surface area contributed by atoms with Gasteiger partial charge in [0.25, 0.3) is 0 Å². The molecule has 6 unspecified atom stereocenters. The van der Waals surface area contributed by atoms with Crippen LogP contribution in [0.5, 0.6) is 0 Å². The Balaban J connectivity index is 1.41. The van der Waals surface area contributed by atoms with Gasteiger partial charge < -0.3 is 9.47 Å². The fourth-order valence-electron chi connectivity index (χ4n) is 9.41. The number of fused-ring (bicyclic) bond motifs is 5. The first-order chi connectivity index (χ1) is 16.5. The molecule has 4 aliphatic rings. The van der Waals surface area contributed by atoms with E-state index in [1.807, 2.05) is 13.8 Å². The van der Waals surface area contributed by atoms with Gasteiger partial charge in [0, 0.05) is 6.42 Å². The predicted molar refractivity (Wildman–Crippen MR) is 140 cm³/mol. The van der Waals surface area contributed by atoms with E-state index >= 15 is 0 Å². The lowest BCUT2D eigenvalue weighted by atomic mass is 9.44. The van der Waals surface area contributed by atoms with Crippen LogP contribution in [0.4, 0.5) is 0 Å². The summed E-state index contributed by atoms with van der Waals surface area (Å²) >= 11 is 0. The summed E-state index contributed by atoms with van der Waals surface area (Å²) in [6.45, 7) is 13.7. The van der Waals surface area contributed by atoms with Gasteiger partial charge in [0.2, 0.25) is 0 Å². The maximum absolute atomic E-state index is 12.7. The van der Waals surface area contributed by atoms with Crippen molar-refractivity contribution in [2.24, 2.45) is 51.8 Å². The van der Waals surface area contributed by atoms with Crippen molar-refractivity contribution >= 4 is 11.9 Å². The van der Waals surface area contributed by atoms with Crippen LogP contribution in [0, 0.1) is 51.8 Å². The maximum atomic E-state index is 12.7. The molecule has 0 radical (unpaired) electrons. The lowest BCUT2D eigenvalue weighted by molar-refractivity contribution is -0.171. The number of carbonyl (C=O) groups excluding carboxylic acids is 2. The number of esters is 2.